The van der Waals surface area contributed by atoms with E-state index in [1.807, 2.05) is 69.4 Å². The van der Waals surface area contributed by atoms with Gasteiger partial charge in [0.25, 0.3) is 0 Å². The maximum absolute atomic E-state index is 12.9. The van der Waals surface area contributed by atoms with Crippen LogP contribution in [0.15, 0.2) is 70.9 Å². The third-order valence-corrected chi connectivity index (χ3v) is 4.21. The summed E-state index contributed by atoms with van der Waals surface area (Å²) in [6.07, 6.45) is 1.65. The van der Waals surface area contributed by atoms with Crippen LogP contribution in [0, 0.1) is 13.8 Å². The van der Waals surface area contributed by atoms with Crippen molar-refractivity contribution in [2.75, 3.05) is 0 Å². The van der Waals surface area contributed by atoms with E-state index in [1.165, 1.54) is 0 Å². The van der Waals surface area contributed by atoms with Crippen molar-refractivity contribution >= 4 is 17.7 Å². The fraction of sp³-hybridized carbons (Fsp3) is 0.143. The summed E-state index contributed by atoms with van der Waals surface area (Å²) >= 11 is 0. The fourth-order valence-electron chi connectivity index (χ4n) is 2.68. The first-order valence-corrected chi connectivity index (χ1v) is 8.34. The average molecular weight is 344 g/mol. The molecule has 0 amide bonds. The lowest BCUT2D eigenvalue weighted by Crippen LogP contribution is -2.15. The van der Waals surface area contributed by atoms with Gasteiger partial charge in [0.2, 0.25) is 5.78 Å². The summed E-state index contributed by atoms with van der Waals surface area (Å²) in [6, 6.07) is 18.5. The van der Waals surface area contributed by atoms with Crippen molar-refractivity contribution < 1.29 is 4.79 Å². The Bertz CT molecular complexity index is 970. The molecule has 1 heterocycles. The van der Waals surface area contributed by atoms with Crippen molar-refractivity contribution in [2.24, 2.45) is 17.3 Å². The van der Waals surface area contributed by atoms with Crippen LogP contribution >= 0.6 is 0 Å². The predicted octanol–water partition coefficient (Wildman–Crippen LogP) is 3.74. The Morgan fingerprint density at radius 3 is 2.08 bits per heavy atom. The molecule has 0 N–H and O–H groups in total. The minimum Gasteiger partial charge on any atom is -0.287 e. The number of hydrogen-bond donors (Lipinski definition) is 0. The number of carbonyl (C=O) groups is 1. The maximum Gasteiger partial charge on any atom is 0.213 e. The first-order chi connectivity index (χ1) is 12.6. The van der Waals surface area contributed by atoms with Gasteiger partial charge in [0.15, 0.2) is 0 Å². The van der Waals surface area contributed by atoms with Crippen LogP contribution < -0.4 is 0 Å². The minimum atomic E-state index is -0.159. The Morgan fingerprint density at radius 1 is 0.962 bits per heavy atom. The van der Waals surface area contributed by atoms with E-state index in [2.05, 4.69) is 15.3 Å². The van der Waals surface area contributed by atoms with E-state index < -0.39 is 0 Å². The van der Waals surface area contributed by atoms with Gasteiger partial charge in [-0.2, -0.15) is 10.2 Å². The molecule has 5 nitrogen and oxygen atoms in total. The van der Waals surface area contributed by atoms with Gasteiger partial charge in [0, 0.05) is 29.4 Å². The summed E-state index contributed by atoms with van der Waals surface area (Å²) in [7, 11) is 1.89. The number of carbonyl (C=O) groups excluding carboxylic acids is 1. The van der Waals surface area contributed by atoms with Gasteiger partial charge in [-0.25, -0.2) is 0 Å². The van der Waals surface area contributed by atoms with Crippen LogP contribution in [0.3, 0.4) is 0 Å². The highest BCUT2D eigenvalue weighted by atomic mass is 16.1. The number of hydrogen-bond acceptors (Lipinski definition) is 4. The molecule has 0 fully saturated rings. The molecule has 0 aliphatic heterocycles. The molecule has 3 aromatic rings. The van der Waals surface area contributed by atoms with Crippen LogP contribution in [0.5, 0.6) is 0 Å². The van der Waals surface area contributed by atoms with Crippen molar-refractivity contribution in [3.63, 3.8) is 0 Å². The Morgan fingerprint density at radius 2 is 1.54 bits per heavy atom. The van der Waals surface area contributed by atoms with E-state index in [9.17, 15) is 4.79 Å². The monoisotopic (exact) mass is 344 g/mol. The summed E-state index contributed by atoms with van der Waals surface area (Å²) in [5.74, 6) is -0.159. The number of benzene rings is 2. The third-order valence-electron chi connectivity index (χ3n) is 4.21. The zero-order chi connectivity index (χ0) is 18.5. The summed E-state index contributed by atoms with van der Waals surface area (Å²) in [5, 5.41) is 12.8. The smallest absolute Gasteiger partial charge is 0.213 e. The van der Waals surface area contributed by atoms with E-state index in [1.54, 1.807) is 23.0 Å². The number of nitrogens with zero attached hydrogens (tertiary/aromatic N) is 4. The van der Waals surface area contributed by atoms with Crippen molar-refractivity contribution in [3.05, 3.63) is 88.7 Å². The minimum absolute atomic E-state index is 0.159. The van der Waals surface area contributed by atoms with Gasteiger partial charge < -0.3 is 0 Å². The number of Topliss-reactive ketones (excluding diaryl/α,β-unsaturated/α-hetero) is 1. The number of rotatable bonds is 5. The molecule has 2 aromatic carbocycles. The maximum atomic E-state index is 12.9. The number of aryl methyl sites for hydroxylation is 2. The van der Waals surface area contributed by atoms with Gasteiger partial charge >= 0.3 is 0 Å². The molecule has 3 rings (SSSR count). The first kappa shape index (κ1) is 17.5. The molecule has 0 radical (unpaired) electrons. The molecule has 0 saturated heterocycles. The van der Waals surface area contributed by atoms with Gasteiger partial charge in [-0.15, -0.1) is 5.10 Å². The Kier molecular flexibility index (Phi) is 5.17. The second-order valence-corrected chi connectivity index (χ2v) is 5.96. The molecule has 0 bridgehead atoms. The molecular weight excluding hydrogens is 324 g/mol. The lowest BCUT2D eigenvalue weighted by atomic mass is 10.0. The summed E-state index contributed by atoms with van der Waals surface area (Å²) in [5.41, 5.74) is 4.41. The van der Waals surface area contributed by atoms with Crippen LogP contribution in [-0.2, 0) is 7.05 Å². The topological polar surface area (TPSA) is 59.6 Å². The average Bonchev–Trinajstić information content (AvgIpc) is 2.92. The van der Waals surface area contributed by atoms with Crippen LogP contribution in [0.25, 0.3) is 0 Å². The summed E-state index contributed by atoms with van der Waals surface area (Å²) in [6.45, 7) is 3.89. The molecule has 0 spiro atoms. The molecule has 5 heteroatoms. The van der Waals surface area contributed by atoms with Crippen LogP contribution in [-0.4, -0.2) is 27.5 Å². The van der Waals surface area contributed by atoms with Crippen molar-refractivity contribution in [1.29, 1.82) is 0 Å². The highest BCUT2D eigenvalue weighted by Crippen LogP contribution is 2.11. The summed E-state index contributed by atoms with van der Waals surface area (Å²) < 4.78 is 1.80. The predicted molar refractivity (Wildman–Crippen MR) is 104 cm³/mol. The SMILES string of the molecule is Cc1nn(C)c(C)c1/C=N/N=C(/C(=O)c1ccccc1)c1ccccc1. The van der Waals surface area contributed by atoms with Gasteiger partial charge in [-0.05, 0) is 13.8 Å². The fourth-order valence-corrected chi connectivity index (χ4v) is 2.68. The number of aromatic nitrogens is 2. The first-order valence-electron chi connectivity index (χ1n) is 8.34. The zero-order valence-electron chi connectivity index (χ0n) is 15.0. The molecule has 26 heavy (non-hydrogen) atoms. The molecule has 0 aliphatic rings. The summed E-state index contributed by atoms with van der Waals surface area (Å²) in [4.78, 5) is 12.9. The second kappa shape index (κ2) is 7.70. The number of ketones is 1. The Hall–Kier alpha value is -3.34. The second-order valence-electron chi connectivity index (χ2n) is 5.96. The van der Waals surface area contributed by atoms with Crippen LogP contribution in [0.1, 0.15) is 32.9 Å². The van der Waals surface area contributed by atoms with Gasteiger partial charge in [-0.1, -0.05) is 60.7 Å². The van der Waals surface area contributed by atoms with Crippen LogP contribution in [0.2, 0.25) is 0 Å². The lowest BCUT2D eigenvalue weighted by Gasteiger charge is -2.04. The third kappa shape index (κ3) is 3.67. The molecule has 0 aliphatic carbocycles. The lowest BCUT2D eigenvalue weighted by molar-refractivity contribution is 0.106. The molecule has 0 atom stereocenters. The van der Waals surface area contributed by atoms with E-state index >= 15 is 0 Å². The normalized spacial score (nSPS) is 11.9. The van der Waals surface area contributed by atoms with Gasteiger partial charge in [-0.3, -0.25) is 9.48 Å². The molecule has 130 valence electrons. The molecule has 1 aromatic heterocycles. The largest absolute Gasteiger partial charge is 0.287 e. The van der Waals surface area contributed by atoms with E-state index in [0.29, 0.717) is 11.3 Å². The van der Waals surface area contributed by atoms with Crippen molar-refractivity contribution in [3.8, 4) is 0 Å². The van der Waals surface area contributed by atoms with Crippen molar-refractivity contribution in [1.82, 2.24) is 9.78 Å². The van der Waals surface area contributed by atoms with Gasteiger partial charge in [0.05, 0.1) is 11.9 Å². The van der Waals surface area contributed by atoms with Crippen LogP contribution in [0.4, 0.5) is 0 Å². The van der Waals surface area contributed by atoms with E-state index in [0.717, 1.165) is 22.5 Å². The van der Waals surface area contributed by atoms with E-state index in [-0.39, 0.29) is 5.78 Å². The van der Waals surface area contributed by atoms with E-state index in [4.69, 9.17) is 0 Å². The molecule has 0 saturated carbocycles. The molecule has 0 unspecified atom stereocenters. The van der Waals surface area contributed by atoms with Gasteiger partial charge in [0.1, 0.15) is 5.71 Å². The Labute approximate surface area is 152 Å². The van der Waals surface area contributed by atoms with Crippen molar-refractivity contribution in [2.45, 2.75) is 13.8 Å². The highest BCUT2D eigenvalue weighted by molar-refractivity contribution is 6.51. The highest BCUT2D eigenvalue weighted by Gasteiger charge is 2.16. The molecular formula is C21H20N4O. The Balaban J connectivity index is 1.99. The zero-order valence-corrected chi connectivity index (χ0v) is 15.0. The quantitative estimate of drug-likeness (QED) is 0.402. The standard InChI is InChI=1S/C21H20N4O/c1-15-19(16(2)25(3)24-15)14-22-23-20(17-10-6-4-7-11-17)21(26)18-12-8-5-9-13-18/h4-14H,1-3H3/b22-14+,23-20+.